The number of hydrogen-bond acceptors (Lipinski definition) is 3. The third-order valence-corrected chi connectivity index (χ3v) is 4.61. The zero-order valence-electron chi connectivity index (χ0n) is 12.9. The van der Waals surface area contributed by atoms with Gasteiger partial charge in [-0.15, -0.1) is 0 Å². The molecule has 0 saturated heterocycles. The summed E-state index contributed by atoms with van der Waals surface area (Å²) in [6.45, 7) is 5.95. The van der Waals surface area contributed by atoms with E-state index in [0.717, 1.165) is 25.0 Å². The molecular weight excluding hydrogens is 282 g/mol. The Bertz CT molecular complexity index is 260. The minimum Gasteiger partial charge on any atom is -0.464 e. The highest BCUT2D eigenvalue weighted by atomic mass is 32.2. The van der Waals surface area contributed by atoms with Crippen molar-refractivity contribution in [1.82, 2.24) is 0 Å². The maximum atomic E-state index is 13.0. The fraction of sp³-hybridized carbons (Fsp3) is 0.933. The van der Waals surface area contributed by atoms with Gasteiger partial charge in [0.05, 0.1) is 0 Å². The monoisotopic (exact) mass is 310 g/mol. The fourth-order valence-corrected chi connectivity index (χ4v) is 2.76. The van der Waals surface area contributed by atoms with Crippen LogP contribution in [0.3, 0.4) is 0 Å². The molecule has 0 bridgehead atoms. The van der Waals surface area contributed by atoms with Gasteiger partial charge < -0.3 is 4.74 Å². The van der Waals surface area contributed by atoms with Crippen LogP contribution in [0.2, 0.25) is 0 Å². The molecule has 0 saturated carbocycles. The predicted molar refractivity (Wildman–Crippen MR) is 81.5 cm³/mol. The van der Waals surface area contributed by atoms with E-state index in [9.17, 15) is 13.6 Å². The van der Waals surface area contributed by atoms with Gasteiger partial charge in [-0.25, -0.2) is 8.78 Å². The summed E-state index contributed by atoms with van der Waals surface area (Å²) in [4.78, 5) is 11.3. The van der Waals surface area contributed by atoms with E-state index in [2.05, 4.69) is 6.92 Å². The summed E-state index contributed by atoms with van der Waals surface area (Å²) in [7, 11) is 0. The fourth-order valence-electron chi connectivity index (χ4n) is 1.66. The number of carbonyl (C=O) groups is 1. The van der Waals surface area contributed by atoms with Crippen LogP contribution < -0.4 is 0 Å². The predicted octanol–water partition coefficient (Wildman–Crippen LogP) is 5.06. The van der Waals surface area contributed by atoms with Crippen molar-refractivity contribution in [2.75, 3.05) is 12.4 Å². The van der Waals surface area contributed by atoms with E-state index in [1.165, 1.54) is 6.92 Å². The molecular formula is C15H28F2O2S. The summed E-state index contributed by atoms with van der Waals surface area (Å²) in [6, 6.07) is 0. The largest absolute Gasteiger partial charge is 0.464 e. The first-order valence-electron chi connectivity index (χ1n) is 7.60. The van der Waals surface area contributed by atoms with Crippen LogP contribution in [0.4, 0.5) is 8.78 Å². The Morgan fingerprint density at radius 3 is 2.50 bits per heavy atom. The Kier molecular flexibility index (Phi) is 11.2. The van der Waals surface area contributed by atoms with Crippen molar-refractivity contribution in [3.63, 3.8) is 0 Å². The van der Waals surface area contributed by atoms with Gasteiger partial charge in [0.2, 0.25) is 5.92 Å². The molecule has 1 unspecified atom stereocenters. The minimum atomic E-state index is -2.51. The average molecular weight is 310 g/mol. The number of halogens is 2. The summed E-state index contributed by atoms with van der Waals surface area (Å²) in [5.41, 5.74) is 0. The first kappa shape index (κ1) is 19.7. The highest BCUT2D eigenvalue weighted by Crippen LogP contribution is 2.26. The van der Waals surface area contributed by atoms with E-state index >= 15 is 0 Å². The van der Waals surface area contributed by atoms with Crippen LogP contribution in [-0.4, -0.2) is 29.5 Å². The molecule has 120 valence electrons. The summed E-state index contributed by atoms with van der Waals surface area (Å²) < 4.78 is 31.2. The number of alkyl halides is 2. The first-order chi connectivity index (χ1) is 9.45. The molecule has 0 aliphatic rings. The molecule has 5 heteroatoms. The van der Waals surface area contributed by atoms with Crippen molar-refractivity contribution in [1.29, 1.82) is 0 Å². The number of thioether (sulfide) groups is 1. The van der Waals surface area contributed by atoms with E-state index in [0.29, 0.717) is 19.4 Å². The molecule has 0 aromatic heterocycles. The molecule has 0 amide bonds. The smallest absolute Gasteiger partial charge is 0.305 e. The minimum absolute atomic E-state index is 0.0215. The van der Waals surface area contributed by atoms with Crippen molar-refractivity contribution in [3.8, 4) is 0 Å². The second-order valence-corrected chi connectivity index (χ2v) is 6.41. The van der Waals surface area contributed by atoms with E-state index in [1.807, 2.05) is 6.92 Å². The van der Waals surface area contributed by atoms with Gasteiger partial charge in [-0.1, -0.05) is 20.8 Å². The SMILES string of the molecule is CCCC(=O)OCC(CC)SCCCCC(F)(F)CC. The molecule has 0 heterocycles. The van der Waals surface area contributed by atoms with Crippen LogP contribution >= 0.6 is 11.8 Å². The van der Waals surface area contributed by atoms with Gasteiger partial charge in [-0.3, -0.25) is 4.79 Å². The first-order valence-corrected chi connectivity index (χ1v) is 8.65. The second kappa shape index (κ2) is 11.4. The zero-order valence-corrected chi connectivity index (χ0v) is 13.7. The van der Waals surface area contributed by atoms with E-state index in [-0.39, 0.29) is 24.1 Å². The van der Waals surface area contributed by atoms with Gasteiger partial charge in [-0.2, -0.15) is 11.8 Å². The lowest BCUT2D eigenvalue weighted by Gasteiger charge is -2.16. The number of ether oxygens (including phenoxy) is 1. The summed E-state index contributed by atoms with van der Waals surface area (Å²) in [5, 5.41) is 0.280. The van der Waals surface area contributed by atoms with Crippen LogP contribution in [0, 0.1) is 0 Å². The molecule has 1 atom stereocenters. The Morgan fingerprint density at radius 1 is 1.25 bits per heavy atom. The van der Waals surface area contributed by atoms with Gasteiger partial charge >= 0.3 is 5.97 Å². The number of esters is 1. The molecule has 0 rings (SSSR count). The van der Waals surface area contributed by atoms with E-state index in [1.54, 1.807) is 11.8 Å². The van der Waals surface area contributed by atoms with Gasteiger partial charge in [0.15, 0.2) is 0 Å². The van der Waals surface area contributed by atoms with Crippen molar-refractivity contribution in [2.24, 2.45) is 0 Å². The van der Waals surface area contributed by atoms with Crippen LogP contribution in [0.25, 0.3) is 0 Å². The number of rotatable bonds is 12. The maximum absolute atomic E-state index is 13.0. The van der Waals surface area contributed by atoms with Crippen LogP contribution in [0.1, 0.15) is 65.7 Å². The van der Waals surface area contributed by atoms with Crippen LogP contribution in [-0.2, 0) is 9.53 Å². The lowest BCUT2D eigenvalue weighted by Crippen LogP contribution is -2.16. The Balaban J connectivity index is 3.67. The molecule has 0 aromatic rings. The molecule has 2 nitrogen and oxygen atoms in total. The third kappa shape index (κ3) is 10.5. The molecule has 0 aromatic carbocycles. The van der Waals surface area contributed by atoms with Gasteiger partial charge in [0, 0.05) is 24.5 Å². The molecule has 0 radical (unpaired) electrons. The lowest BCUT2D eigenvalue weighted by molar-refractivity contribution is -0.143. The number of unbranched alkanes of at least 4 members (excludes halogenated alkanes) is 1. The van der Waals surface area contributed by atoms with Gasteiger partial charge in [-0.05, 0) is 31.4 Å². The summed E-state index contributed by atoms with van der Waals surface area (Å²) >= 11 is 1.72. The highest BCUT2D eigenvalue weighted by molar-refractivity contribution is 7.99. The lowest BCUT2D eigenvalue weighted by atomic mass is 10.1. The number of hydrogen-bond donors (Lipinski definition) is 0. The molecule has 0 aliphatic carbocycles. The summed E-state index contributed by atoms with van der Waals surface area (Å²) in [5.74, 6) is -1.80. The quantitative estimate of drug-likeness (QED) is 0.372. The Morgan fingerprint density at radius 2 is 1.95 bits per heavy atom. The highest BCUT2D eigenvalue weighted by Gasteiger charge is 2.24. The van der Waals surface area contributed by atoms with Crippen molar-refractivity contribution >= 4 is 17.7 Å². The van der Waals surface area contributed by atoms with Crippen LogP contribution in [0.5, 0.6) is 0 Å². The molecule has 0 fully saturated rings. The standard InChI is InChI=1S/C15H28F2O2S/c1-4-9-14(18)19-12-13(5-2)20-11-8-7-10-15(16,17)6-3/h13H,4-12H2,1-3H3. The third-order valence-electron chi connectivity index (χ3n) is 3.15. The summed E-state index contributed by atoms with van der Waals surface area (Å²) in [6.07, 6.45) is 3.44. The van der Waals surface area contributed by atoms with Gasteiger partial charge in [0.1, 0.15) is 6.61 Å². The zero-order chi connectivity index (χ0) is 15.4. The molecule has 0 spiro atoms. The van der Waals surface area contributed by atoms with Gasteiger partial charge in [0.25, 0.3) is 0 Å². The maximum Gasteiger partial charge on any atom is 0.305 e. The average Bonchev–Trinajstić information content (AvgIpc) is 2.42. The molecule has 0 N–H and O–H groups in total. The van der Waals surface area contributed by atoms with Crippen molar-refractivity contribution < 1.29 is 18.3 Å². The molecule has 20 heavy (non-hydrogen) atoms. The van der Waals surface area contributed by atoms with Crippen molar-refractivity contribution in [2.45, 2.75) is 76.9 Å². The Hall–Kier alpha value is -0.320. The van der Waals surface area contributed by atoms with E-state index < -0.39 is 5.92 Å². The topological polar surface area (TPSA) is 26.3 Å². The van der Waals surface area contributed by atoms with Crippen LogP contribution in [0.15, 0.2) is 0 Å². The number of carbonyl (C=O) groups excluding carboxylic acids is 1. The second-order valence-electron chi connectivity index (χ2n) is 5.00. The normalized spacial score (nSPS) is 13.2. The van der Waals surface area contributed by atoms with Crippen molar-refractivity contribution in [3.05, 3.63) is 0 Å². The van der Waals surface area contributed by atoms with E-state index in [4.69, 9.17) is 4.74 Å². The molecule has 0 aliphatic heterocycles. The Labute approximate surface area is 126 Å².